The van der Waals surface area contributed by atoms with Gasteiger partial charge in [0.1, 0.15) is 11.3 Å². The number of alkyl halides is 1. The van der Waals surface area contributed by atoms with Gasteiger partial charge < -0.3 is 13.9 Å². The van der Waals surface area contributed by atoms with Crippen molar-refractivity contribution in [2.45, 2.75) is 24.8 Å². The van der Waals surface area contributed by atoms with E-state index in [9.17, 15) is 4.79 Å². The van der Waals surface area contributed by atoms with Gasteiger partial charge in [-0.3, -0.25) is 0 Å². The Labute approximate surface area is 119 Å². The molecule has 1 unspecified atom stereocenters. The Morgan fingerprint density at radius 3 is 2.84 bits per heavy atom. The van der Waals surface area contributed by atoms with E-state index in [2.05, 4.69) is 22.9 Å². The number of halogens is 1. The highest BCUT2D eigenvalue weighted by atomic mass is 79.9. The minimum absolute atomic E-state index is 0.0417. The third-order valence-electron chi connectivity index (χ3n) is 2.67. The van der Waals surface area contributed by atoms with Crippen LogP contribution in [0, 0.1) is 0 Å². The van der Waals surface area contributed by atoms with Crippen LogP contribution in [0.5, 0.6) is 11.5 Å². The second-order valence-corrected chi connectivity index (χ2v) is 5.14. The van der Waals surface area contributed by atoms with Crippen LogP contribution in [0.25, 0.3) is 11.0 Å². The highest BCUT2D eigenvalue weighted by molar-refractivity contribution is 9.09. The molecule has 2 rings (SSSR count). The molecule has 5 heteroatoms. The highest BCUT2D eigenvalue weighted by Crippen LogP contribution is 2.24. The predicted octanol–water partition coefficient (Wildman–Crippen LogP) is 3.70. The van der Waals surface area contributed by atoms with E-state index in [1.807, 2.05) is 12.1 Å². The molecule has 2 aromatic rings. The van der Waals surface area contributed by atoms with E-state index < -0.39 is 5.63 Å². The summed E-state index contributed by atoms with van der Waals surface area (Å²) >= 11 is 3.44. The molecule has 0 bridgehead atoms. The monoisotopic (exact) mass is 326 g/mol. The number of benzene rings is 1. The van der Waals surface area contributed by atoms with Crippen molar-refractivity contribution in [1.29, 1.82) is 0 Å². The lowest BCUT2D eigenvalue weighted by Crippen LogP contribution is -2.07. The molecule has 0 N–H and O–H groups in total. The molecule has 19 heavy (non-hydrogen) atoms. The van der Waals surface area contributed by atoms with Gasteiger partial charge in [0.05, 0.1) is 7.11 Å². The molecular weight excluding hydrogens is 312 g/mol. The molecule has 102 valence electrons. The average molecular weight is 327 g/mol. The molecule has 0 spiro atoms. The molecule has 0 saturated carbocycles. The molecular formula is C14H15BrO4. The molecule has 0 aliphatic heterocycles. The number of ether oxygens (including phenoxy) is 2. The van der Waals surface area contributed by atoms with Gasteiger partial charge in [0.2, 0.25) is 5.75 Å². The minimum Gasteiger partial charge on any atom is -0.490 e. The molecule has 0 aliphatic carbocycles. The zero-order valence-electron chi connectivity index (χ0n) is 10.8. The van der Waals surface area contributed by atoms with Crippen LogP contribution >= 0.6 is 15.9 Å². The second kappa shape index (κ2) is 6.10. The molecule has 1 aromatic heterocycles. The first-order valence-electron chi connectivity index (χ1n) is 6.06. The van der Waals surface area contributed by atoms with E-state index in [1.165, 1.54) is 7.11 Å². The van der Waals surface area contributed by atoms with E-state index in [4.69, 9.17) is 13.9 Å². The Morgan fingerprint density at radius 1 is 1.37 bits per heavy atom. The lowest BCUT2D eigenvalue weighted by atomic mass is 10.2. The van der Waals surface area contributed by atoms with Crippen LogP contribution in [0.15, 0.2) is 33.5 Å². The lowest BCUT2D eigenvalue weighted by molar-refractivity contribution is 0.282. The van der Waals surface area contributed by atoms with Gasteiger partial charge in [-0.05, 0) is 40.5 Å². The maximum Gasteiger partial charge on any atom is 0.379 e. The summed E-state index contributed by atoms with van der Waals surface area (Å²) in [5.41, 5.74) is -0.00408. The zero-order valence-corrected chi connectivity index (χ0v) is 12.4. The van der Waals surface area contributed by atoms with Gasteiger partial charge in [-0.15, -0.1) is 0 Å². The van der Waals surface area contributed by atoms with Gasteiger partial charge >= 0.3 is 5.63 Å². The van der Waals surface area contributed by atoms with Crippen LogP contribution in [-0.2, 0) is 0 Å². The molecule has 0 amide bonds. The third kappa shape index (κ3) is 3.29. The summed E-state index contributed by atoms with van der Waals surface area (Å²) in [5, 5.41) is 0.755. The molecule has 0 saturated heterocycles. The van der Waals surface area contributed by atoms with Crippen molar-refractivity contribution >= 4 is 26.9 Å². The van der Waals surface area contributed by atoms with E-state index >= 15 is 0 Å². The fraction of sp³-hybridized carbons (Fsp3) is 0.357. The van der Waals surface area contributed by atoms with E-state index in [0.29, 0.717) is 11.3 Å². The average Bonchev–Trinajstić information content (AvgIpc) is 2.38. The quantitative estimate of drug-likeness (QED) is 0.621. The molecule has 0 radical (unpaired) electrons. The van der Waals surface area contributed by atoms with Crippen molar-refractivity contribution < 1.29 is 13.9 Å². The van der Waals surface area contributed by atoms with Crippen molar-refractivity contribution in [2.75, 3.05) is 7.11 Å². The Hall–Kier alpha value is -1.49. The van der Waals surface area contributed by atoms with Crippen LogP contribution in [0.4, 0.5) is 0 Å². The smallest absolute Gasteiger partial charge is 0.379 e. The van der Waals surface area contributed by atoms with Gasteiger partial charge in [-0.1, -0.05) is 13.3 Å². The fourth-order valence-electron chi connectivity index (χ4n) is 1.72. The lowest BCUT2D eigenvalue weighted by Gasteiger charge is -2.12. The van der Waals surface area contributed by atoms with Crippen molar-refractivity contribution in [3.8, 4) is 11.5 Å². The van der Waals surface area contributed by atoms with E-state index in [0.717, 1.165) is 18.2 Å². The minimum atomic E-state index is -0.490. The predicted molar refractivity (Wildman–Crippen MR) is 77.3 cm³/mol. The Morgan fingerprint density at radius 2 is 2.16 bits per heavy atom. The van der Waals surface area contributed by atoms with Gasteiger partial charge in [-0.25, -0.2) is 4.79 Å². The highest BCUT2D eigenvalue weighted by Gasteiger charge is 2.08. The van der Waals surface area contributed by atoms with Crippen molar-refractivity contribution in [3.05, 3.63) is 34.7 Å². The van der Waals surface area contributed by atoms with Crippen LogP contribution in [0.2, 0.25) is 0 Å². The molecule has 0 fully saturated rings. The van der Waals surface area contributed by atoms with Gasteiger partial charge in [0.25, 0.3) is 0 Å². The molecule has 1 atom stereocenters. The fourth-order valence-corrected chi connectivity index (χ4v) is 2.40. The summed E-state index contributed by atoms with van der Waals surface area (Å²) in [5.74, 6) is 0.863. The van der Waals surface area contributed by atoms with Crippen LogP contribution in [0.3, 0.4) is 0 Å². The number of fused-ring (bicyclic) bond motifs is 1. The summed E-state index contributed by atoms with van der Waals surface area (Å²) < 4.78 is 15.8. The summed E-state index contributed by atoms with van der Waals surface area (Å²) in [6.45, 7) is 2.09. The summed E-state index contributed by atoms with van der Waals surface area (Å²) in [7, 11) is 1.44. The van der Waals surface area contributed by atoms with Crippen molar-refractivity contribution in [3.63, 3.8) is 0 Å². The standard InChI is InChI=1S/C14H15BrO4/c1-3-4-13(15)18-10-6-5-9-7-12(17-2)14(16)19-11(9)8-10/h5-8,13H,3-4H2,1-2H3. The first-order chi connectivity index (χ1) is 9.13. The topological polar surface area (TPSA) is 48.7 Å². The maximum absolute atomic E-state index is 11.6. The first-order valence-corrected chi connectivity index (χ1v) is 6.98. The normalized spacial score (nSPS) is 12.4. The van der Waals surface area contributed by atoms with Gasteiger partial charge in [0, 0.05) is 11.5 Å². The molecule has 4 nitrogen and oxygen atoms in total. The largest absolute Gasteiger partial charge is 0.490 e. The molecule has 1 heterocycles. The van der Waals surface area contributed by atoms with Gasteiger partial charge in [0.15, 0.2) is 5.01 Å². The SMILES string of the molecule is CCCC(Br)Oc1ccc2cc(OC)c(=O)oc2c1. The summed E-state index contributed by atoms with van der Waals surface area (Å²) in [4.78, 5) is 11.6. The molecule has 0 aliphatic rings. The number of methoxy groups -OCH3 is 1. The summed E-state index contributed by atoms with van der Waals surface area (Å²) in [6.07, 6.45) is 1.93. The molecule has 1 aromatic carbocycles. The van der Waals surface area contributed by atoms with Crippen molar-refractivity contribution in [1.82, 2.24) is 0 Å². The maximum atomic E-state index is 11.6. The third-order valence-corrected chi connectivity index (χ3v) is 3.32. The summed E-state index contributed by atoms with van der Waals surface area (Å²) in [6, 6.07) is 7.04. The number of rotatable bonds is 5. The number of hydrogen-bond acceptors (Lipinski definition) is 4. The van der Waals surface area contributed by atoms with E-state index in [1.54, 1.807) is 12.1 Å². The Balaban J connectivity index is 2.33. The Kier molecular flexibility index (Phi) is 4.47. The Bertz CT molecular complexity index is 620. The first kappa shape index (κ1) is 13.9. The van der Waals surface area contributed by atoms with E-state index in [-0.39, 0.29) is 10.8 Å². The van der Waals surface area contributed by atoms with Crippen LogP contribution in [0.1, 0.15) is 19.8 Å². The van der Waals surface area contributed by atoms with Crippen molar-refractivity contribution in [2.24, 2.45) is 0 Å². The zero-order chi connectivity index (χ0) is 13.8. The van der Waals surface area contributed by atoms with Crippen LogP contribution < -0.4 is 15.1 Å². The van der Waals surface area contributed by atoms with Gasteiger partial charge in [-0.2, -0.15) is 0 Å². The number of hydrogen-bond donors (Lipinski definition) is 0. The van der Waals surface area contributed by atoms with Crippen LogP contribution in [-0.4, -0.2) is 12.1 Å². The second-order valence-electron chi connectivity index (χ2n) is 4.12.